The summed E-state index contributed by atoms with van der Waals surface area (Å²) in [5.41, 5.74) is 1.69. The Labute approximate surface area is 145 Å². The van der Waals surface area contributed by atoms with E-state index in [2.05, 4.69) is 5.32 Å². The van der Waals surface area contributed by atoms with Crippen LogP contribution in [0.2, 0.25) is 5.02 Å². The van der Waals surface area contributed by atoms with Gasteiger partial charge >= 0.3 is 0 Å². The molecular formula is C19H17ClN2O2. The van der Waals surface area contributed by atoms with Crippen LogP contribution in [0.25, 0.3) is 0 Å². The second-order valence-electron chi connectivity index (χ2n) is 6.35. The zero-order valence-corrected chi connectivity index (χ0v) is 13.8. The van der Waals surface area contributed by atoms with Crippen molar-refractivity contribution in [1.82, 2.24) is 0 Å². The predicted octanol–water partition coefficient (Wildman–Crippen LogP) is 3.65. The molecule has 0 unspecified atom stereocenters. The maximum Gasteiger partial charge on any atom is 0.242 e. The molecule has 2 aliphatic rings. The molecule has 4 nitrogen and oxygen atoms in total. The number of hydrogen-bond acceptors (Lipinski definition) is 2. The lowest BCUT2D eigenvalue weighted by molar-refractivity contribution is -0.132. The maximum atomic E-state index is 13.0. The van der Waals surface area contributed by atoms with Crippen LogP contribution in [0.3, 0.4) is 0 Å². The van der Waals surface area contributed by atoms with Gasteiger partial charge in [0.15, 0.2) is 0 Å². The first kappa shape index (κ1) is 15.2. The quantitative estimate of drug-likeness (QED) is 0.867. The van der Waals surface area contributed by atoms with E-state index in [1.165, 1.54) is 0 Å². The van der Waals surface area contributed by atoms with Gasteiger partial charge in [-0.3, -0.25) is 9.59 Å². The van der Waals surface area contributed by atoms with Crippen LogP contribution in [0.5, 0.6) is 0 Å². The third-order valence-corrected chi connectivity index (χ3v) is 5.18. The zero-order chi connectivity index (χ0) is 16.7. The van der Waals surface area contributed by atoms with Gasteiger partial charge in [0.2, 0.25) is 11.8 Å². The fraction of sp³-hybridized carbons (Fsp3) is 0.263. The third kappa shape index (κ3) is 2.38. The molecule has 0 bridgehead atoms. The molecule has 0 radical (unpaired) electrons. The fourth-order valence-corrected chi connectivity index (χ4v) is 3.46. The number of anilines is 2. The van der Waals surface area contributed by atoms with Crippen molar-refractivity contribution >= 4 is 34.8 Å². The molecular weight excluding hydrogens is 324 g/mol. The van der Waals surface area contributed by atoms with E-state index in [0.29, 0.717) is 30.1 Å². The summed E-state index contributed by atoms with van der Waals surface area (Å²) in [7, 11) is 0. The number of carbonyl (C=O) groups excluding carboxylic acids is 2. The predicted molar refractivity (Wildman–Crippen MR) is 94.2 cm³/mol. The number of nitrogens with zero attached hydrogens (tertiary/aromatic N) is 1. The molecule has 1 aliphatic heterocycles. The van der Waals surface area contributed by atoms with Gasteiger partial charge in [-0.2, -0.15) is 0 Å². The van der Waals surface area contributed by atoms with Crippen LogP contribution in [0.15, 0.2) is 48.5 Å². The second kappa shape index (κ2) is 5.64. The van der Waals surface area contributed by atoms with Crippen LogP contribution in [0.1, 0.15) is 18.4 Å². The molecule has 0 saturated heterocycles. The molecule has 2 amide bonds. The van der Waals surface area contributed by atoms with Crippen LogP contribution < -0.4 is 10.2 Å². The Bertz CT molecular complexity index is 830. The minimum Gasteiger partial charge on any atom is -0.324 e. The van der Waals surface area contributed by atoms with Crippen LogP contribution in [-0.2, 0) is 16.0 Å². The summed E-state index contributed by atoms with van der Waals surface area (Å²) in [6.07, 6.45) is 2.01. The van der Waals surface area contributed by atoms with E-state index in [4.69, 9.17) is 11.6 Å². The van der Waals surface area contributed by atoms with Crippen LogP contribution in [0, 0.1) is 5.41 Å². The van der Waals surface area contributed by atoms with Crippen molar-refractivity contribution in [1.29, 1.82) is 0 Å². The summed E-state index contributed by atoms with van der Waals surface area (Å²) in [6, 6.07) is 14.9. The van der Waals surface area contributed by atoms with Gasteiger partial charge < -0.3 is 10.2 Å². The lowest BCUT2D eigenvalue weighted by Crippen LogP contribution is -2.42. The Kier molecular flexibility index (Phi) is 3.57. The largest absolute Gasteiger partial charge is 0.324 e. The standard InChI is InChI=1S/C19H17ClN2O2/c20-14-6-2-3-7-15(14)21-17(23)19(10-11-19)18(24)22-12-9-13-5-1-4-8-16(13)22/h1-8H,9-12H2,(H,21,23). The monoisotopic (exact) mass is 340 g/mol. The molecule has 0 atom stereocenters. The minimum absolute atomic E-state index is 0.1000. The first-order valence-electron chi connectivity index (χ1n) is 8.08. The maximum absolute atomic E-state index is 13.0. The van der Waals surface area contributed by atoms with Gasteiger partial charge in [0.25, 0.3) is 0 Å². The Morgan fingerprint density at radius 1 is 1.04 bits per heavy atom. The lowest BCUT2D eigenvalue weighted by Gasteiger charge is -2.23. The third-order valence-electron chi connectivity index (χ3n) is 4.85. The summed E-state index contributed by atoms with van der Waals surface area (Å²) < 4.78 is 0. The van der Waals surface area contributed by atoms with Gasteiger partial charge in [0.1, 0.15) is 5.41 Å². The summed E-state index contributed by atoms with van der Waals surface area (Å²) in [5.74, 6) is -0.359. The highest BCUT2D eigenvalue weighted by Gasteiger charge is 2.58. The van der Waals surface area contributed by atoms with Crippen molar-refractivity contribution in [2.75, 3.05) is 16.8 Å². The van der Waals surface area contributed by atoms with E-state index in [9.17, 15) is 9.59 Å². The molecule has 2 aromatic rings. The van der Waals surface area contributed by atoms with E-state index >= 15 is 0 Å². The summed E-state index contributed by atoms with van der Waals surface area (Å²) in [5, 5.41) is 3.30. The van der Waals surface area contributed by atoms with Gasteiger partial charge in [-0.1, -0.05) is 41.9 Å². The van der Waals surface area contributed by atoms with Crippen molar-refractivity contribution in [2.45, 2.75) is 19.3 Å². The SMILES string of the molecule is O=C(Nc1ccccc1Cl)C1(C(=O)N2CCc3ccccc32)CC1. The molecule has 24 heavy (non-hydrogen) atoms. The van der Waals surface area contributed by atoms with E-state index in [-0.39, 0.29) is 11.8 Å². The average Bonchev–Trinajstić information content (AvgIpc) is 3.30. The molecule has 122 valence electrons. The second-order valence-corrected chi connectivity index (χ2v) is 6.76. The van der Waals surface area contributed by atoms with E-state index in [0.717, 1.165) is 17.7 Å². The van der Waals surface area contributed by atoms with E-state index < -0.39 is 5.41 Å². The molecule has 0 aromatic heterocycles. The van der Waals surface area contributed by atoms with Crippen LogP contribution in [-0.4, -0.2) is 18.4 Å². The Morgan fingerprint density at radius 2 is 1.75 bits per heavy atom. The summed E-state index contributed by atoms with van der Waals surface area (Å²) in [4.78, 5) is 27.5. The molecule has 1 heterocycles. The topological polar surface area (TPSA) is 49.4 Å². The number of benzene rings is 2. The fourth-order valence-electron chi connectivity index (χ4n) is 3.28. The highest BCUT2D eigenvalue weighted by molar-refractivity contribution is 6.34. The van der Waals surface area contributed by atoms with Crippen molar-refractivity contribution < 1.29 is 9.59 Å². The minimum atomic E-state index is -0.948. The number of fused-ring (bicyclic) bond motifs is 1. The molecule has 4 rings (SSSR count). The lowest BCUT2D eigenvalue weighted by atomic mass is 10.0. The molecule has 5 heteroatoms. The van der Waals surface area contributed by atoms with E-state index in [1.54, 1.807) is 29.2 Å². The number of amides is 2. The van der Waals surface area contributed by atoms with Gasteiger partial charge in [-0.15, -0.1) is 0 Å². The molecule has 1 fully saturated rings. The van der Waals surface area contributed by atoms with Crippen molar-refractivity contribution in [3.05, 3.63) is 59.1 Å². The first-order valence-corrected chi connectivity index (χ1v) is 8.45. The molecule has 1 aliphatic carbocycles. The number of hydrogen-bond donors (Lipinski definition) is 1. The summed E-state index contributed by atoms with van der Waals surface area (Å²) >= 11 is 6.10. The molecule has 0 spiro atoms. The zero-order valence-electron chi connectivity index (χ0n) is 13.1. The smallest absolute Gasteiger partial charge is 0.242 e. The van der Waals surface area contributed by atoms with Gasteiger partial charge in [0.05, 0.1) is 10.7 Å². The highest BCUT2D eigenvalue weighted by atomic mass is 35.5. The number of para-hydroxylation sites is 2. The van der Waals surface area contributed by atoms with Gasteiger partial charge in [0, 0.05) is 12.2 Å². The van der Waals surface area contributed by atoms with Crippen LogP contribution in [0.4, 0.5) is 11.4 Å². The number of halogens is 1. The van der Waals surface area contributed by atoms with Crippen molar-refractivity contribution in [3.63, 3.8) is 0 Å². The number of nitrogens with one attached hydrogen (secondary N) is 1. The number of rotatable bonds is 3. The Hall–Kier alpha value is -2.33. The normalized spacial score (nSPS) is 17.3. The Morgan fingerprint density at radius 3 is 2.50 bits per heavy atom. The van der Waals surface area contributed by atoms with Gasteiger partial charge in [-0.05, 0) is 43.0 Å². The van der Waals surface area contributed by atoms with Gasteiger partial charge in [-0.25, -0.2) is 0 Å². The van der Waals surface area contributed by atoms with Crippen LogP contribution >= 0.6 is 11.6 Å². The Balaban J connectivity index is 1.56. The van der Waals surface area contributed by atoms with E-state index in [1.807, 2.05) is 24.3 Å². The average molecular weight is 341 g/mol. The number of carbonyl (C=O) groups is 2. The first-order chi connectivity index (χ1) is 11.6. The molecule has 1 saturated carbocycles. The van der Waals surface area contributed by atoms with Crippen molar-refractivity contribution in [2.24, 2.45) is 5.41 Å². The molecule has 1 N–H and O–H groups in total. The van der Waals surface area contributed by atoms with Crippen molar-refractivity contribution in [3.8, 4) is 0 Å². The summed E-state index contributed by atoms with van der Waals surface area (Å²) in [6.45, 7) is 0.638. The molecule has 2 aromatic carbocycles. The highest BCUT2D eigenvalue weighted by Crippen LogP contribution is 2.49.